The van der Waals surface area contributed by atoms with E-state index in [1.165, 1.54) is 31.4 Å². The highest BCUT2D eigenvalue weighted by Gasteiger charge is 2.02. The second kappa shape index (κ2) is 3.61. The number of benzene rings is 1. The number of carbonyl (C=O) groups excluding carboxylic acids is 1. The lowest BCUT2D eigenvalue weighted by Crippen LogP contribution is -1.99. The van der Waals surface area contributed by atoms with Crippen LogP contribution in [0.4, 0.5) is 5.69 Å². The number of carbonyl (C=O) groups is 1. The third-order valence-electron chi connectivity index (χ3n) is 1.40. The third kappa shape index (κ3) is 1.66. The van der Waals surface area contributed by atoms with Gasteiger partial charge in [-0.05, 0) is 24.3 Å². The van der Waals surface area contributed by atoms with Gasteiger partial charge in [0.15, 0.2) is 0 Å². The number of methoxy groups -OCH3 is 1. The van der Waals surface area contributed by atoms with E-state index in [9.17, 15) is 4.79 Å². The Labute approximate surface area is 69.7 Å². The standard InChI is InChI=1S/C8H7N2O2/c1-12-8(11)6-2-4-7(10-9)5-3-6/h2-5H,1H3/q-1. The zero-order valence-corrected chi connectivity index (χ0v) is 6.52. The lowest BCUT2D eigenvalue weighted by Gasteiger charge is -1.99. The van der Waals surface area contributed by atoms with Gasteiger partial charge in [-0.1, -0.05) is 0 Å². The number of nitrogens with zero attached hydrogens (tertiary/aromatic N) is 2. The Bertz CT molecular complexity index is 292. The molecule has 4 nitrogen and oxygen atoms in total. The molecular weight excluding hydrogens is 156 g/mol. The van der Waals surface area contributed by atoms with Crippen LogP contribution in [-0.2, 0) is 4.74 Å². The van der Waals surface area contributed by atoms with Gasteiger partial charge < -0.3 is 15.4 Å². The monoisotopic (exact) mass is 163 g/mol. The summed E-state index contributed by atoms with van der Waals surface area (Å²) in [5.41, 5.74) is 9.17. The van der Waals surface area contributed by atoms with Crippen molar-refractivity contribution in [2.75, 3.05) is 7.11 Å². The molecule has 1 rings (SSSR count). The van der Waals surface area contributed by atoms with E-state index in [0.29, 0.717) is 11.3 Å². The maximum atomic E-state index is 10.9. The van der Waals surface area contributed by atoms with Crippen molar-refractivity contribution in [1.82, 2.24) is 0 Å². The number of ether oxygens (including phenoxy) is 1. The van der Waals surface area contributed by atoms with Crippen molar-refractivity contribution in [2.45, 2.75) is 0 Å². The van der Waals surface area contributed by atoms with Crippen molar-refractivity contribution in [1.29, 1.82) is 0 Å². The summed E-state index contributed by atoms with van der Waals surface area (Å²) in [6, 6.07) is 6.10. The van der Waals surface area contributed by atoms with Crippen molar-refractivity contribution >= 4 is 11.7 Å². The molecule has 0 amide bonds. The van der Waals surface area contributed by atoms with E-state index < -0.39 is 5.97 Å². The zero-order chi connectivity index (χ0) is 8.97. The van der Waals surface area contributed by atoms with Crippen LogP contribution in [-0.4, -0.2) is 13.1 Å². The topological polar surface area (TPSA) is 61.0 Å². The molecule has 0 saturated carbocycles. The van der Waals surface area contributed by atoms with E-state index in [1.54, 1.807) is 0 Å². The second-order valence-corrected chi connectivity index (χ2v) is 2.14. The zero-order valence-electron chi connectivity index (χ0n) is 6.52. The van der Waals surface area contributed by atoms with E-state index in [1.807, 2.05) is 0 Å². The van der Waals surface area contributed by atoms with Crippen molar-refractivity contribution in [3.05, 3.63) is 35.4 Å². The highest BCUT2D eigenvalue weighted by molar-refractivity contribution is 5.89. The average molecular weight is 163 g/mol. The minimum absolute atomic E-state index is 0.403. The summed E-state index contributed by atoms with van der Waals surface area (Å²) in [4.78, 5) is 10.9. The fourth-order valence-electron chi connectivity index (χ4n) is 0.782. The van der Waals surface area contributed by atoms with E-state index >= 15 is 0 Å². The van der Waals surface area contributed by atoms with Gasteiger partial charge in [0.05, 0.1) is 12.7 Å². The van der Waals surface area contributed by atoms with Crippen LogP contribution in [0.5, 0.6) is 0 Å². The van der Waals surface area contributed by atoms with Gasteiger partial charge in [0.25, 0.3) is 0 Å². The van der Waals surface area contributed by atoms with Crippen LogP contribution in [0.3, 0.4) is 0 Å². The summed E-state index contributed by atoms with van der Waals surface area (Å²) in [6.45, 7) is 0. The Morgan fingerprint density at radius 3 is 2.42 bits per heavy atom. The normalized spacial score (nSPS) is 9.08. The van der Waals surface area contributed by atoms with Gasteiger partial charge in [-0.15, -0.1) is 0 Å². The van der Waals surface area contributed by atoms with Crippen LogP contribution in [0, 0.1) is 0 Å². The molecule has 0 unspecified atom stereocenters. The minimum atomic E-state index is -0.403. The molecule has 0 N–H and O–H groups in total. The number of esters is 1. The summed E-state index contributed by atoms with van der Waals surface area (Å²) in [7, 11) is 1.31. The van der Waals surface area contributed by atoms with Crippen LogP contribution >= 0.6 is 0 Å². The van der Waals surface area contributed by atoms with E-state index in [2.05, 4.69) is 9.85 Å². The quantitative estimate of drug-likeness (QED) is 0.495. The smallest absolute Gasteiger partial charge is 0.337 e. The first kappa shape index (κ1) is 8.39. The first-order valence-electron chi connectivity index (χ1n) is 3.31. The van der Waals surface area contributed by atoms with Gasteiger partial charge in [-0.3, -0.25) is 0 Å². The molecule has 4 heteroatoms. The number of hydrogen-bond acceptors (Lipinski definition) is 3. The fraction of sp³-hybridized carbons (Fsp3) is 0.125. The molecule has 0 aliphatic carbocycles. The molecule has 0 aliphatic rings. The van der Waals surface area contributed by atoms with Crippen LogP contribution < -0.4 is 0 Å². The third-order valence-corrected chi connectivity index (χ3v) is 1.40. The Balaban J connectivity index is 2.91. The van der Waals surface area contributed by atoms with Crippen LogP contribution in [0.15, 0.2) is 29.4 Å². The van der Waals surface area contributed by atoms with Crippen LogP contribution in [0.2, 0.25) is 0 Å². The first-order chi connectivity index (χ1) is 5.77. The number of hydrogen-bond donors (Lipinski definition) is 0. The highest BCUT2D eigenvalue weighted by Crippen LogP contribution is 2.12. The predicted molar refractivity (Wildman–Crippen MR) is 43.2 cm³/mol. The highest BCUT2D eigenvalue weighted by atomic mass is 16.5. The minimum Gasteiger partial charge on any atom is -0.706 e. The van der Waals surface area contributed by atoms with E-state index in [0.717, 1.165) is 0 Å². The summed E-state index contributed by atoms with van der Waals surface area (Å²) in [5.74, 6) is -0.403. The van der Waals surface area contributed by atoms with E-state index in [4.69, 9.17) is 5.53 Å². The van der Waals surface area contributed by atoms with Crippen molar-refractivity contribution < 1.29 is 9.53 Å². The summed E-state index contributed by atoms with van der Waals surface area (Å²) >= 11 is 0. The van der Waals surface area contributed by atoms with Crippen LogP contribution in [0.1, 0.15) is 10.4 Å². The molecule has 1 aromatic rings. The van der Waals surface area contributed by atoms with Gasteiger partial charge in [-0.2, -0.15) is 0 Å². The lowest BCUT2D eigenvalue weighted by molar-refractivity contribution is 0.0601. The molecule has 0 spiro atoms. The molecule has 0 saturated heterocycles. The van der Waals surface area contributed by atoms with Gasteiger partial charge in [0.1, 0.15) is 0 Å². The molecule has 1 aromatic carbocycles. The van der Waals surface area contributed by atoms with Crippen molar-refractivity contribution in [3.8, 4) is 0 Å². The second-order valence-electron chi connectivity index (χ2n) is 2.14. The van der Waals surface area contributed by atoms with Crippen molar-refractivity contribution in [2.24, 2.45) is 5.11 Å². The molecular formula is C8H7N2O2-. The number of rotatable bonds is 2. The largest absolute Gasteiger partial charge is 0.706 e. The summed E-state index contributed by atoms with van der Waals surface area (Å²) < 4.78 is 4.48. The van der Waals surface area contributed by atoms with Gasteiger partial charge in [-0.25, -0.2) is 4.79 Å². The summed E-state index contributed by atoms with van der Waals surface area (Å²) in [5, 5.41) is 2.94. The molecule has 0 heterocycles. The molecule has 0 fully saturated rings. The average Bonchev–Trinajstić information content (AvgIpc) is 2.17. The Morgan fingerprint density at radius 2 is 2.00 bits per heavy atom. The van der Waals surface area contributed by atoms with Gasteiger partial charge in [0, 0.05) is 5.69 Å². The molecule has 0 radical (unpaired) electrons. The van der Waals surface area contributed by atoms with Gasteiger partial charge in [0.2, 0.25) is 0 Å². The molecule has 12 heavy (non-hydrogen) atoms. The van der Waals surface area contributed by atoms with Crippen LogP contribution in [0.25, 0.3) is 5.53 Å². The molecule has 0 aromatic heterocycles. The maximum absolute atomic E-state index is 10.9. The maximum Gasteiger partial charge on any atom is 0.337 e. The van der Waals surface area contributed by atoms with E-state index in [-0.39, 0.29) is 0 Å². The Hall–Kier alpha value is -1.71. The lowest BCUT2D eigenvalue weighted by atomic mass is 10.2. The first-order valence-corrected chi connectivity index (χ1v) is 3.31. The van der Waals surface area contributed by atoms with Crippen molar-refractivity contribution in [3.63, 3.8) is 0 Å². The SMILES string of the molecule is COC(=O)c1ccc(N=[N-])cc1. The Morgan fingerprint density at radius 1 is 1.42 bits per heavy atom. The molecule has 0 bridgehead atoms. The predicted octanol–water partition coefficient (Wildman–Crippen LogP) is 2.13. The molecule has 62 valence electrons. The Kier molecular flexibility index (Phi) is 2.53. The fourth-order valence-corrected chi connectivity index (χ4v) is 0.782. The summed E-state index contributed by atoms with van der Waals surface area (Å²) in [6.07, 6.45) is 0. The van der Waals surface area contributed by atoms with Gasteiger partial charge >= 0.3 is 5.97 Å². The molecule has 0 aliphatic heterocycles. The molecule has 0 atom stereocenters.